The minimum absolute atomic E-state index is 0.0215. The molecule has 5 aromatic rings. The summed E-state index contributed by atoms with van der Waals surface area (Å²) >= 11 is 0. The molecule has 218 valence electrons. The zero-order valence-electron chi connectivity index (χ0n) is 23.6. The number of rotatable bonds is 11. The third kappa shape index (κ3) is 6.73. The van der Waals surface area contributed by atoms with Crippen molar-refractivity contribution < 1.29 is 23.1 Å². The number of aromatic carboxylic acids is 1. The highest BCUT2D eigenvalue weighted by Gasteiger charge is 2.25. The van der Waals surface area contributed by atoms with E-state index < -0.39 is 21.9 Å². The second-order valence-corrected chi connectivity index (χ2v) is 11.8. The summed E-state index contributed by atoms with van der Waals surface area (Å²) in [6.45, 7) is 2.60. The first-order chi connectivity index (χ1) is 20.8. The quantitative estimate of drug-likeness (QED) is 0.195. The molecule has 1 amide bonds. The number of amides is 1. The fourth-order valence-corrected chi connectivity index (χ4v) is 6.25. The van der Waals surface area contributed by atoms with E-state index in [0.29, 0.717) is 41.9 Å². The van der Waals surface area contributed by atoms with Gasteiger partial charge in [-0.3, -0.25) is 9.48 Å². The van der Waals surface area contributed by atoms with E-state index in [4.69, 9.17) is 5.10 Å². The molecule has 5 rings (SSSR count). The van der Waals surface area contributed by atoms with Crippen molar-refractivity contribution in [3.8, 4) is 11.1 Å². The summed E-state index contributed by atoms with van der Waals surface area (Å²) in [6.07, 6.45) is 1.55. The molecule has 0 atom stereocenters. The smallest absolute Gasteiger partial charge is 0.339 e. The zero-order chi connectivity index (χ0) is 30.4. The highest BCUT2D eigenvalue weighted by molar-refractivity contribution is 7.90. The van der Waals surface area contributed by atoms with Crippen molar-refractivity contribution in [1.82, 2.24) is 14.5 Å². The number of sulfonamides is 1. The summed E-state index contributed by atoms with van der Waals surface area (Å²) in [5, 5.41) is 14.9. The summed E-state index contributed by atoms with van der Waals surface area (Å²) < 4.78 is 30.5. The SMILES string of the molecule is CCCn1nc(Cc2ccccc2)c(C(=O)O)c1Cc1ccc(-c2ccccc2S(=O)(=O)NC(=O)c2ccccc2)cc1. The Morgan fingerprint density at radius 3 is 2.05 bits per heavy atom. The standard InChI is InChI=1S/C34H31N3O5S/c1-2-21-37-30(32(34(39)40)29(35-37)22-24-11-5-3-6-12-24)23-25-17-19-26(20-18-25)28-15-9-10-16-31(28)43(41,42)36-33(38)27-13-7-4-8-14-27/h3-20H,2,21-23H2,1H3,(H,36,38)(H,39,40). The van der Waals surface area contributed by atoms with E-state index in [1.54, 1.807) is 65.3 Å². The van der Waals surface area contributed by atoms with Crippen molar-refractivity contribution in [3.63, 3.8) is 0 Å². The largest absolute Gasteiger partial charge is 0.478 e. The molecule has 0 saturated heterocycles. The molecular weight excluding hydrogens is 562 g/mol. The van der Waals surface area contributed by atoms with Gasteiger partial charge in [-0.25, -0.2) is 17.9 Å². The number of nitrogens with zero attached hydrogens (tertiary/aromatic N) is 2. The Hall–Kier alpha value is -5.02. The van der Waals surface area contributed by atoms with E-state index in [1.807, 2.05) is 49.4 Å². The predicted molar refractivity (Wildman–Crippen MR) is 165 cm³/mol. The number of carboxylic acids is 1. The molecule has 1 heterocycles. The number of hydrogen-bond donors (Lipinski definition) is 2. The number of nitrogens with one attached hydrogen (secondary N) is 1. The van der Waals surface area contributed by atoms with Gasteiger partial charge in [0.2, 0.25) is 0 Å². The summed E-state index contributed by atoms with van der Waals surface area (Å²) in [4.78, 5) is 25.0. The molecular formula is C34H31N3O5S. The van der Waals surface area contributed by atoms with Crippen LogP contribution in [-0.4, -0.2) is 35.2 Å². The van der Waals surface area contributed by atoms with Crippen LogP contribution in [0.25, 0.3) is 11.1 Å². The van der Waals surface area contributed by atoms with Crippen molar-refractivity contribution in [2.45, 2.75) is 37.6 Å². The Kier molecular flexibility index (Phi) is 8.82. The molecule has 0 saturated carbocycles. The first-order valence-corrected chi connectivity index (χ1v) is 15.4. The normalized spacial score (nSPS) is 11.3. The second kappa shape index (κ2) is 12.9. The van der Waals surface area contributed by atoms with Crippen LogP contribution in [-0.2, 0) is 29.4 Å². The zero-order valence-corrected chi connectivity index (χ0v) is 24.4. The van der Waals surface area contributed by atoms with Crippen LogP contribution in [0.1, 0.15) is 56.6 Å². The molecule has 0 fully saturated rings. The predicted octanol–water partition coefficient (Wildman–Crippen LogP) is 5.96. The molecule has 9 heteroatoms. The number of carbonyl (C=O) groups excluding carboxylic acids is 1. The monoisotopic (exact) mass is 593 g/mol. The second-order valence-electron chi connectivity index (χ2n) is 10.1. The van der Waals surface area contributed by atoms with E-state index >= 15 is 0 Å². The fraction of sp³-hybridized carbons (Fsp3) is 0.147. The Morgan fingerprint density at radius 2 is 1.40 bits per heavy atom. The fourth-order valence-electron chi connectivity index (χ4n) is 5.05. The highest BCUT2D eigenvalue weighted by Crippen LogP contribution is 2.29. The van der Waals surface area contributed by atoms with Crippen LogP contribution in [0.3, 0.4) is 0 Å². The Morgan fingerprint density at radius 1 is 0.791 bits per heavy atom. The van der Waals surface area contributed by atoms with Crippen LogP contribution in [0.15, 0.2) is 114 Å². The van der Waals surface area contributed by atoms with Crippen molar-refractivity contribution in [2.24, 2.45) is 0 Å². The topological polar surface area (TPSA) is 118 Å². The third-order valence-corrected chi connectivity index (χ3v) is 8.46. The molecule has 4 aromatic carbocycles. The molecule has 43 heavy (non-hydrogen) atoms. The minimum Gasteiger partial charge on any atom is -0.478 e. The van der Waals surface area contributed by atoms with Crippen LogP contribution < -0.4 is 4.72 Å². The van der Waals surface area contributed by atoms with Crippen LogP contribution in [0.5, 0.6) is 0 Å². The van der Waals surface area contributed by atoms with Gasteiger partial charge >= 0.3 is 5.97 Å². The van der Waals surface area contributed by atoms with Gasteiger partial charge < -0.3 is 5.11 Å². The van der Waals surface area contributed by atoms with Gasteiger partial charge in [0.25, 0.3) is 15.9 Å². The lowest BCUT2D eigenvalue weighted by Gasteiger charge is -2.13. The molecule has 0 aliphatic rings. The van der Waals surface area contributed by atoms with Crippen LogP contribution >= 0.6 is 0 Å². The number of aromatic nitrogens is 2. The van der Waals surface area contributed by atoms with E-state index in [2.05, 4.69) is 4.72 Å². The number of carboxylic acid groups (broad SMARTS) is 1. The van der Waals surface area contributed by atoms with E-state index in [0.717, 1.165) is 17.5 Å². The summed E-state index contributed by atoms with van der Waals surface area (Å²) in [5.41, 5.74) is 4.52. The number of carbonyl (C=O) groups is 2. The molecule has 0 unspecified atom stereocenters. The Labute approximate surface area is 250 Å². The molecule has 0 bridgehead atoms. The van der Waals surface area contributed by atoms with Gasteiger partial charge in [-0.2, -0.15) is 5.10 Å². The van der Waals surface area contributed by atoms with Crippen LogP contribution in [0.2, 0.25) is 0 Å². The number of hydrogen-bond acceptors (Lipinski definition) is 5. The maximum atomic E-state index is 13.3. The van der Waals surface area contributed by atoms with Crippen LogP contribution in [0.4, 0.5) is 0 Å². The van der Waals surface area contributed by atoms with Gasteiger partial charge in [0, 0.05) is 30.5 Å². The molecule has 8 nitrogen and oxygen atoms in total. The first-order valence-electron chi connectivity index (χ1n) is 13.9. The van der Waals surface area contributed by atoms with Crippen molar-refractivity contribution in [3.05, 3.63) is 143 Å². The lowest BCUT2D eigenvalue weighted by molar-refractivity contribution is 0.0694. The maximum absolute atomic E-state index is 13.3. The van der Waals surface area contributed by atoms with E-state index in [1.165, 1.54) is 6.07 Å². The Balaban J connectivity index is 1.43. The molecule has 0 aliphatic carbocycles. The first kappa shape index (κ1) is 29.5. The van der Waals surface area contributed by atoms with Gasteiger partial charge in [0.15, 0.2) is 0 Å². The Bertz CT molecular complexity index is 1850. The van der Waals surface area contributed by atoms with E-state index in [9.17, 15) is 23.1 Å². The molecule has 0 spiro atoms. The van der Waals surface area contributed by atoms with Crippen molar-refractivity contribution >= 4 is 21.9 Å². The number of benzene rings is 4. The molecule has 2 N–H and O–H groups in total. The van der Waals surface area contributed by atoms with Gasteiger partial charge in [0.05, 0.1) is 16.3 Å². The highest BCUT2D eigenvalue weighted by atomic mass is 32.2. The van der Waals surface area contributed by atoms with Gasteiger partial charge in [-0.05, 0) is 41.3 Å². The van der Waals surface area contributed by atoms with Gasteiger partial charge in [-0.15, -0.1) is 0 Å². The summed E-state index contributed by atoms with van der Waals surface area (Å²) in [5.74, 6) is -1.73. The van der Waals surface area contributed by atoms with Gasteiger partial charge in [0.1, 0.15) is 5.56 Å². The molecule has 1 aromatic heterocycles. The molecule has 0 aliphatic heterocycles. The van der Waals surface area contributed by atoms with Crippen molar-refractivity contribution in [1.29, 1.82) is 0 Å². The number of aryl methyl sites for hydroxylation is 1. The average molecular weight is 594 g/mol. The summed E-state index contributed by atoms with van der Waals surface area (Å²) in [6, 6.07) is 31.6. The van der Waals surface area contributed by atoms with Crippen molar-refractivity contribution in [2.75, 3.05) is 0 Å². The lowest BCUT2D eigenvalue weighted by atomic mass is 9.99. The summed E-state index contributed by atoms with van der Waals surface area (Å²) in [7, 11) is -4.17. The third-order valence-electron chi connectivity index (χ3n) is 7.07. The van der Waals surface area contributed by atoms with E-state index in [-0.39, 0.29) is 16.0 Å². The maximum Gasteiger partial charge on any atom is 0.339 e. The van der Waals surface area contributed by atoms with Gasteiger partial charge in [-0.1, -0.05) is 97.9 Å². The lowest BCUT2D eigenvalue weighted by Crippen LogP contribution is -2.30. The van der Waals surface area contributed by atoms with Crippen LogP contribution in [0, 0.1) is 0 Å². The minimum atomic E-state index is -4.17. The molecule has 0 radical (unpaired) electrons. The average Bonchev–Trinajstić information content (AvgIpc) is 3.34.